The number of carbonyl (C=O) groups is 1. The number of rotatable bonds is 4. The summed E-state index contributed by atoms with van der Waals surface area (Å²) in [6.07, 6.45) is 0. The topological polar surface area (TPSA) is 90.7 Å². The summed E-state index contributed by atoms with van der Waals surface area (Å²) in [4.78, 5) is 13.8. The van der Waals surface area contributed by atoms with Crippen LogP contribution in [0.2, 0.25) is 0 Å². The van der Waals surface area contributed by atoms with Gasteiger partial charge in [0, 0.05) is 26.2 Å². The van der Waals surface area contributed by atoms with E-state index in [-0.39, 0.29) is 36.1 Å². The minimum atomic E-state index is -3.72. The van der Waals surface area contributed by atoms with Gasteiger partial charge in [-0.3, -0.25) is 9.69 Å². The number of hydrogen-bond donors (Lipinski definition) is 0. The molecular weight excluding hydrogens is 342 g/mol. The molecule has 0 spiro atoms. The van der Waals surface area contributed by atoms with Crippen LogP contribution in [-0.2, 0) is 19.6 Å². The highest BCUT2D eigenvalue weighted by atomic mass is 32.2. The molecule has 1 aromatic rings. The van der Waals surface area contributed by atoms with E-state index < -0.39 is 15.6 Å². The maximum absolute atomic E-state index is 12.7. The second-order valence-corrected chi connectivity index (χ2v) is 8.78. The molecule has 1 aliphatic rings. The molecule has 2 rings (SSSR count). The SMILES string of the molecule is CC(C)(C)OC(=O)CN1CCN(S(=O)(=O)c2ccccc2C#N)CC1. The standard InChI is InChI=1S/C17H23N3O4S/c1-17(2,3)24-16(21)13-19-8-10-20(11-9-19)25(22,23)15-7-5-4-6-14(15)12-18/h4-7H,8-11,13H2,1-3H3. The average Bonchev–Trinajstić information content (AvgIpc) is 2.53. The summed E-state index contributed by atoms with van der Waals surface area (Å²) in [6, 6.07) is 8.10. The van der Waals surface area contributed by atoms with Crippen LogP contribution in [0.5, 0.6) is 0 Å². The first-order valence-electron chi connectivity index (χ1n) is 8.07. The van der Waals surface area contributed by atoms with Gasteiger partial charge in [0.15, 0.2) is 0 Å². The lowest BCUT2D eigenvalue weighted by atomic mass is 10.2. The minimum absolute atomic E-state index is 0.0260. The van der Waals surface area contributed by atoms with E-state index >= 15 is 0 Å². The first kappa shape index (κ1) is 19.4. The van der Waals surface area contributed by atoms with Crippen molar-refractivity contribution >= 4 is 16.0 Å². The smallest absolute Gasteiger partial charge is 0.320 e. The summed E-state index contributed by atoms with van der Waals surface area (Å²) in [7, 11) is -3.72. The highest BCUT2D eigenvalue weighted by Gasteiger charge is 2.31. The number of nitrogens with zero attached hydrogens (tertiary/aromatic N) is 3. The number of hydrogen-bond acceptors (Lipinski definition) is 6. The van der Waals surface area contributed by atoms with Crippen molar-refractivity contribution in [3.63, 3.8) is 0 Å². The average molecular weight is 365 g/mol. The number of piperazine rings is 1. The molecule has 1 saturated heterocycles. The van der Waals surface area contributed by atoms with E-state index in [1.807, 2.05) is 31.7 Å². The fourth-order valence-corrected chi connectivity index (χ4v) is 4.17. The van der Waals surface area contributed by atoms with Crippen LogP contribution in [0, 0.1) is 11.3 Å². The Balaban J connectivity index is 2.00. The normalized spacial score (nSPS) is 17.0. The molecule has 1 fully saturated rings. The van der Waals surface area contributed by atoms with Crippen LogP contribution >= 0.6 is 0 Å². The van der Waals surface area contributed by atoms with Gasteiger partial charge in [-0.05, 0) is 32.9 Å². The molecule has 0 saturated carbocycles. The van der Waals surface area contributed by atoms with Crippen LogP contribution in [-0.4, -0.2) is 61.9 Å². The fourth-order valence-electron chi connectivity index (χ4n) is 2.61. The van der Waals surface area contributed by atoms with Crippen molar-refractivity contribution in [2.45, 2.75) is 31.3 Å². The zero-order valence-corrected chi connectivity index (χ0v) is 15.5. The van der Waals surface area contributed by atoms with E-state index in [1.54, 1.807) is 12.1 Å². The Bertz CT molecular complexity index is 770. The van der Waals surface area contributed by atoms with Crippen molar-refractivity contribution in [1.29, 1.82) is 5.26 Å². The monoisotopic (exact) mass is 365 g/mol. The Morgan fingerprint density at radius 3 is 2.36 bits per heavy atom. The van der Waals surface area contributed by atoms with Gasteiger partial charge in [0.1, 0.15) is 11.7 Å². The van der Waals surface area contributed by atoms with E-state index in [9.17, 15) is 13.2 Å². The number of carbonyl (C=O) groups excluding carboxylic acids is 1. The molecule has 8 heteroatoms. The largest absolute Gasteiger partial charge is 0.459 e. The van der Waals surface area contributed by atoms with Crippen molar-refractivity contribution in [3.05, 3.63) is 29.8 Å². The lowest BCUT2D eigenvalue weighted by Crippen LogP contribution is -2.50. The number of ether oxygens (including phenoxy) is 1. The Kier molecular flexibility index (Phi) is 5.83. The van der Waals surface area contributed by atoms with Gasteiger partial charge < -0.3 is 4.74 Å². The molecule has 25 heavy (non-hydrogen) atoms. The lowest BCUT2D eigenvalue weighted by molar-refractivity contribution is -0.156. The summed E-state index contributed by atoms with van der Waals surface area (Å²) < 4.78 is 32.1. The summed E-state index contributed by atoms with van der Waals surface area (Å²) in [5, 5.41) is 9.12. The molecule has 1 aromatic carbocycles. The van der Waals surface area contributed by atoms with Crippen LogP contribution in [0.3, 0.4) is 0 Å². The molecule has 1 heterocycles. The predicted octanol–water partition coefficient (Wildman–Crippen LogP) is 1.21. The Labute approximate surface area is 148 Å². The third-order valence-corrected chi connectivity index (χ3v) is 5.69. The molecule has 7 nitrogen and oxygen atoms in total. The number of sulfonamides is 1. The van der Waals surface area contributed by atoms with Gasteiger partial charge in [-0.25, -0.2) is 8.42 Å². The third-order valence-electron chi connectivity index (χ3n) is 3.73. The number of nitriles is 1. The van der Waals surface area contributed by atoms with Crippen molar-refractivity contribution < 1.29 is 17.9 Å². The zero-order valence-electron chi connectivity index (χ0n) is 14.7. The molecule has 0 aliphatic carbocycles. The summed E-state index contributed by atoms with van der Waals surface area (Å²) in [6.45, 7) is 6.97. The molecule has 0 amide bonds. The minimum Gasteiger partial charge on any atom is -0.459 e. The molecule has 0 atom stereocenters. The zero-order chi connectivity index (χ0) is 18.7. The maximum Gasteiger partial charge on any atom is 0.320 e. The van der Waals surface area contributed by atoms with Crippen LogP contribution in [0.4, 0.5) is 0 Å². The molecule has 136 valence electrons. The highest BCUT2D eigenvalue weighted by molar-refractivity contribution is 7.89. The van der Waals surface area contributed by atoms with Crippen molar-refractivity contribution in [2.75, 3.05) is 32.7 Å². The van der Waals surface area contributed by atoms with Crippen molar-refractivity contribution in [2.24, 2.45) is 0 Å². The summed E-state index contributed by atoms with van der Waals surface area (Å²) in [5.41, 5.74) is -0.401. The molecule has 0 bridgehead atoms. The highest BCUT2D eigenvalue weighted by Crippen LogP contribution is 2.21. The first-order valence-corrected chi connectivity index (χ1v) is 9.51. The predicted molar refractivity (Wildman–Crippen MR) is 92.2 cm³/mol. The van der Waals surface area contributed by atoms with E-state index in [4.69, 9.17) is 10.00 Å². The molecule has 0 radical (unpaired) electrons. The van der Waals surface area contributed by atoms with Gasteiger partial charge in [-0.15, -0.1) is 0 Å². The van der Waals surface area contributed by atoms with Gasteiger partial charge in [-0.2, -0.15) is 9.57 Å². The quantitative estimate of drug-likeness (QED) is 0.745. The van der Waals surface area contributed by atoms with Crippen molar-refractivity contribution in [3.8, 4) is 6.07 Å². The maximum atomic E-state index is 12.7. The van der Waals surface area contributed by atoms with E-state index in [1.165, 1.54) is 16.4 Å². The molecule has 0 N–H and O–H groups in total. The molecule has 0 unspecified atom stereocenters. The number of esters is 1. The van der Waals surface area contributed by atoms with Gasteiger partial charge in [-0.1, -0.05) is 12.1 Å². The van der Waals surface area contributed by atoms with Crippen LogP contribution in [0.1, 0.15) is 26.3 Å². The van der Waals surface area contributed by atoms with E-state index in [2.05, 4.69) is 0 Å². The number of benzene rings is 1. The molecular formula is C17H23N3O4S. The van der Waals surface area contributed by atoms with E-state index in [0.717, 1.165) is 0 Å². The van der Waals surface area contributed by atoms with Gasteiger partial charge >= 0.3 is 5.97 Å². The van der Waals surface area contributed by atoms with Crippen LogP contribution in [0.15, 0.2) is 29.2 Å². The van der Waals surface area contributed by atoms with Gasteiger partial charge in [0.2, 0.25) is 10.0 Å². The van der Waals surface area contributed by atoms with Crippen LogP contribution < -0.4 is 0 Å². The Morgan fingerprint density at radius 2 is 1.80 bits per heavy atom. The summed E-state index contributed by atoms with van der Waals surface area (Å²) >= 11 is 0. The van der Waals surface area contributed by atoms with Crippen LogP contribution in [0.25, 0.3) is 0 Å². The second kappa shape index (κ2) is 7.52. The lowest BCUT2D eigenvalue weighted by Gasteiger charge is -2.34. The second-order valence-electron chi connectivity index (χ2n) is 6.87. The Hall–Kier alpha value is -1.95. The first-order chi connectivity index (χ1) is 11.6. The molecule has 0 aromatic heterocycles. The Morgan fingerprint density at radius 1 is 1.20 bits per heavy atom. The molecule has 1 aliphatic heterocycles. The third kappa shape index (κ3) is 5.01. The van der Waals surface area contributed by atoms with E-state index in [0.29, 0.717) is 13.1 Å². The van der Waals surface area contributed by atoms with Crippen molar-refractivity contribution in [1.82, 2.24) is 9.21 Å². The summed E-state index contributed by atoms with van der Waals surface area (Å²) in [5.74, 6) is -0.321. The van der Waals surface area contributed by atoms with Gasteiger partial charge in [0.05, 0.1) is 17.0 Å². The van der Waals surface area contributed by atoms with Gasteiger partial charge in [0.25, 0.3) is 0 Å². The fraction of sp³-hybridized carbons (Fsp3) is 0.529.